The fourth-order valence-corrected chi connectivity index (χ4v) is 2.05. The smallest absolute Gasteiger partial charge is 0.159 e. The molecule has 0 amide bonds. The lowest BCUT2D eigenvalue weighted by atomic mass is 10.1. The van der Waals surface area contributed by atoms with Gasteiger partial charge in [0.25, 0.3) is 0 Å². The van der Waals surface area contributed by atoms with Crippen molar-refractivity contribution in [2.24, 2.45) is 0 Å². The standard InChI is InChI=1S/C16H16F3N/c1-11-8-14(17)4-3-13(11)6-7-20-10-12-2-5-15(18)16(19)9-12/h2-5,8-9,20H,6-7,10H2,1H3. The minimum atomic E-state index is -0.837. The molecule has 0 unspecified atom stereocenters. The first-order chi connectivity index (χ1) is 9.56. The molecule has 0 bridgehead atoms. The van der Waals surface area contributed by atoms with Crippen LogP contribution in [0.2, 0.25) is 0 Å². The third-order valence-electron chi connectivity index (χ3n) is 3.19. The second kappa shape index (κ2) is 6.57. The zero-order valence-electron chi connectivity index (χ0n) is 11.2. The van der Waals surface area contributed by atoms with E-state index in [2.05, 4.69) is 5.32 Å². The lowest BCUT2D eigenvalue weighted by Crippen LogP contribution is -2.17. The molecule has 0 aromatic heterocycles. The van der Waals surface area contributed by atoms with Gasteiger partial charge in [-0.1, -0.05) is 12.1 Å². The average molecular weight is 279 g/mol. The highest BCUT2D eigenvalue weighted by atomic mass is 19.2. The van der Waals surface area contributed by atoms with Gasteiger partial charge in [0, 0.05) is 6.54 Å². The number of halogens is 3. The summed E-state index contributed by atoms with van der Waals surface area (Å²) in [5.41, 5.74) is 2.68. The molecule has 0 aliphatic heterocycles. The van der Waals surface area contributed by atoms with Gasteiger partial charge >= 0.3 is 0 Å². The largest absolute Gasteiger partial charge is 0.312 e. The quantitative estimate of drug-likeness (QED) is 0.822. The van der Waals surface area contributed by atoms with Crippen molar-refractivity contribution in [3.63, 3.8) is 0 Å². The van der Waals surface area contributed by atoms with Crippen LogP contribution in [0.5, 0.6) is 0 Å². The zero-order chi connectivity index (χ0) is 14.5. The summed E-state index contributed by atoms with van der Waals surface area (Å²) >= 11 is 0. The van der Waals surface area contributed by atoms with Gasteiger partial charge in [-0.25, -0.2) is 13.2 Å². The number of hydrogen-bond donors (Lipinski definition) is 1. The first kappa shape index (κ1) is 14.6. The highest BCUT2D eigenvalue weighted by Gasteiger charge is 2.03. The molecule has 0 spiro atoms. The van der Waals surface area contributed by atoms with E-state index in [1.807, 2.05) is 6.92 Å². The maximum absolute atomic E-state index is 13.0. The van der Waals surface area contributed by atoms with E-state index in [0.717, 1.165) is 23.6 Å². The highest BCUT2D eigenvalue weighted by Crippen LogP contribution is 2.11. The van der Waals surface area contributed by atoms with E-state index in [9.17, 15) is 13.2 Å². The predicted octanol–water partition coefficient (Wildman–Crippen LogP) is 3.74. The molecule has 2 rings (SSSR count). The van der Waals surface area contributed by atoms with Crippen molar-refractivity contribution in [1.82, 2.24) is 5.32 Å². The second-order valence-electron chi connectivity index (χ2n) is 4.75. The molecule has 1 nitrogen and oxygen atoms in total. The molecule has 2 aromatic carbocycles. The van der Waals surface area contributed by atoms with E-state index >= 15 is 0 Å². The number of benzene rings is 2. The SMILES string of the molecule is Cc1cc(F)ccc1CCNCc1ccc(F)c(F)c1. The maximum atomic E-state index is 13.0. The molecule has 0 atom stereocenters. The minimum absolute atomic E-state index is 0.235. The molecule has 4 heteroatoms. The molecular formula is C16H16F3N. The maximum Gasteiger partial charge on any atom is 0.159 e. The summed E-state index contributed by atoms with van der Waals surface area (Å²) < 4.78 is 38.7. The Morgan fingerprint density at radius 1 is 0.950 bits per heavy atom. The minimum Gasteiger partial charge on any atom is -0.312 e. The molecule has 0 fully saturated rings. The van der Waals surface area contributed by atoms with E-state index in [-0.39, 0.29) is 5.82 Å². The summed E-state index contributed by atoms with van der Waals surface area (Å²) in [6.07, 6.45) is 0.760. The van der Waals surface area contributed by atoms with Gasteiger partial charge < -0.3 is 5.32 Å². The lowest BCUT2D eigenvalue weighted by Gasteiger charge is -2.08. The fraction of sp³-hybridized carbons (Fsp3) is 0.250. The van der Waals surface area contributed by atoms with Crippen LogP contribution >= 0.6 is 0 Å². The molecule has 0 radical (unpaired) electrons. The Morgan fingerprint density at radius 2 is 1.75 bits per heavy atom. The molecule has 20 heavy (non-hydrogen) atoms. The summed E-state index contributed by atoms with van der Waals surface area (Å²) in [4.78, 5) is 0. The van der Waals surface area contributed by atoms with E-state index < -0.39 is 11.6 Å². The second-order valence-corrected chi connectivity index (χ2v) is 4.75. The van der Waals surface area contributed by atoms with Crippen LogP contribution in [0.4, 0.5) is 13.2 Å². The van der Waals surface area contributed by atoms with Crippen molar-refractivity contribution in [3.8, 4) is 0 Å². The molecule has 0 saturated heterocycles. The van der Waals surface area contributed by atoms with Crippen LogP contribution in [0.3, 0.4) is 0 Å². The van der Waals surface area contributed by atoms with Crippen LogP contribution in [-0.4, -0.2) is 6.54 Å². The number of rotatable bonds is 5. The summed E-state index contributed by atoms with van der Waals surface area (Å²) in [5.74, 6) is -1.91. The molecule has 1 N–H and O–H groups in total. The van der Waals surface area contributed by atoms with Gasteiger partial charge in [-0.15, -0.1) is 0 Å². The topological polar surface area (TPSA) is 12.0 Å². The summed E-state index contributed by atoms with van der Waals surface area (Å²) in [7, 11) is 0. The molecule has 0 heterocycles. The van der Waals surface area contributed by atoms with Gasteiger partial charge in [-0.3, -0.25) is 0 Å². The van der Waals surface area contributed by atoms with Crippen LogP contribution in [0.25, 0.3) is 0 Å². The third-order valence-corrected chi connectivity index (χ3v) is 3.19. The first-order valence-corrected chi connectivity index (χ1v) is 6.46. The van der Waals surface area contributed by atoms with Gasteiger partial charge in [-0.2, -0.15) is 0 Å². The Hall–Kier alpha value is -1.81. The van der Waals surface area contributed by atoms with Crippen molar-refractivity contribution in [2.45, 2.75) is 19.9 Å². The van der Waals surface area contributed by atoms with Gasteiger partial charge in [-0.05, 0) is 60.8 Å². The highest BCUT2D eigenvalue weighted by molar-refractivity contribution is 5.26. The first-order valence-electron chi connectivity index (χ1n) is 6.46. The molecule has 0 aliphatic carbocycles. The number of hydrogen-bond acceptors (Lipinski definition) is 1. The predicted molar refractivity (Wildman–Crippen MR) is 72.9 cm³/mol. The van der Waals surface area contributed by atoms with Gasteiger partial charge in [0.2, 0.25) is 0 Å². The van der Waals surface area contributed by atoms with Gasteiger partial charge in [0.1, 0.15) is 5.82 Å². The normalized spacial score (nSPS) is 10.8. The Balaban J connectivity index is 1.82. The summed E-state index contributed by atoms with van der Waals surface area (Å²) in [5, 5.41) is 3.16. The van der Waals surface area contributed by atoms with Crippen LogP contribution in [-0.2, 0) is 13.0 Å². The van der Waals surface area contributed by atoms with Crippen LogP contribution in [0.1, 0.15) is 16.7 Å². The molecular weight excluding hydrogens is 263 g/mol. The van der Waals surface area contributed by atoms with E-state index in [0.29, 0.717) is 18.7 Å². The Labute approximate surface area is 116 Å². The molecule has 106 valence electrons. The van der Waals surface area contributed by atoms with Gasteiger partial charge in [0.15, 0.2) is 11.6 Å². The summed E-state index contributed by atoms with van der Waals surface area (Å²) in [6.45, 7) is 3.02. The van der Waals surface area contributed by atoms with Crippen molar-refractivity contribution in [1.29, 1.82) is 0 Å². The Morgan fingerprint density at radius 3 is 2.45 bits per heavy atom. The monoisotopic (exact) mass is 279 g/mol. The van der Waals surface area contributed by atoms with E-state index in [1.54, 1.807) is 12.1 Å². The lowest BCUT2D eigenvalue weighted by molar-refractivity contribution is 0.506. The summed E-state index contributed by atoms with van der Waals surface area (Å²) in [6, 6.07) is 8.57. The Bertz CT molecular complexity index is 596. The van der Waals surface area contributed by atoms with E-state index in [4.69, 9.17) is 0 Å². The van der Waals surface area contributed by atoms with Gasteiger partial charge in [0.05, 0.1) is 0 Å². The van der Waals surface area contributed by atoms with Crippen LogP contribution < -0.4 is 5.32 Å². The fourth-order valence-electron chi connectivity index (χ4n) is 2.05. The van der Waals surface area contributed by atoms with Crippen molar-refractivity contribution in [2.75, 3.05) is 6.54 Å². The van der Waals surface area contributed by atoms with Crippen molar-refractivity contribution < 1.29 is 13.2 Å². The van der Waals surface area contributed by atoms with Crippen LogP contribution in [0, 0.1) is 24.4 Å². The zero-order valence-corrected chi connectivity index (χ0v) is 11.2. The average Bonchev–Trinajstić information content (AvgIpc) is 2.40. The molecule has 2 aromatic rings. The van der Waals surface area contributed by atoms with Crippen molar-refractivity contribution in [3.05, 3.63) is 70.5 Å². The molecule has 0 aliphatic rings. The Kier molecular flexibility index (Phi) is 4.79. The number of nitrogens with one attached hydrogen (secondary N) is 1. The van der Waals surface area contributed by atoms with E-state index in [1.165, 1.54) is 18.2 Å². The van der Waals surface area contributed by atoms with Crippen molar-refractivity contribution >= 4 is 0 Å². The third kappa shape index (κ3) is 3.84. The van der Waals surface area contributed by atoms with Crippen LogP contribution in [0.15, 0.2) is 36.4 Å². The molecule has 0 saturated carbocycles. The number of aryl methyl sites for hydroxylation is 1.